The zero-order chi connectivity index (χ0) is 12.1. The summed E-state index contributed by atoms with van der Waals surface area (Å²) in [4.78, 5) is 2.33. The van der Waals surface area contributed by atoms with Gasteiger partial charge in [0.05, 0.1) is 6.61 Å². The van der Waals surface area contributed by atoms with Crippen LogP contribution in [0.15, 0.2) is 0 Å². The minimum absolute atomic E-state index is 0.499. The highest BCUT2D eigenvalue weighted by Crippen LogP contribution is 2.54. The van der Waals surface area contributed by atoms with E-state index in [1.807, 2.05) is 6.26 Å². The van der Waals surface area contributed by atoms with Gasteiger partial charge in [-0.15, -0.1) is 0 Å². The smallest absolute Gasteiger partial charge is 0.254 e. The molecular weight excluding hydrogens is 229 g/mol. The van der Waals surface area contributed by atoms with Gasteiger partial charge in [0.1, 0.15) is 0 Å². The third-order valence-corrected chi connectivity index (χ3v) is 5.95. The maximum Gasteiger partial charge on any atom is 0.254 e. The fourth-order valence-corrected chi connectivity index (χ4v) is 2.54. The van der Waals surface area contributed by atoms with E-state index in [0.29, 0.717) is 18.7 Å². The fourth-order valence-electron chi connectivity index (χ4n) is 1.48. The zero-order valence-electron chi connectivity index (χ0n) is 10.7. The van der Waals surface area contributed by atoms with Gasteiger partial charge in [-0.05, 0) is 34.0 Å². The lowest BCUT2D eigenvalue weighted by Crippen LogP contribution is -2.39. The first-order valence-corrected chi connectivity index (χ1v) is 9.24. The number of hydrogen-bond acceptors (Lipinski definition) is 4. The van der Waals surface area contributed by atoms with Gasteiger partial charge in [-0.3, -0.25) is 9.46 Å². The van der Waals surface area contributed by atoms with E-state index in [2.05, 4.69) is 32.6 Å². The molecule has 0 aliphatic heterocycles. The van der Waals surface area contributed by atoms with Crippen LogP contribution in [0.25, 0.3) is 0 Å². The molecule has 0 aliphatic carbocycles. The van der Waals surface area contributed by atoms with E-state index in [0.717, 1.165) is 6.54 Å². The van der Waals surface area contributed by atoms with Crippen molar-refractivity contribution in [3.8, 4) is 0 Å². The summed E-state index contributed by atoms with van der Waals surface area (Å²) >= 11 is 1.31. The van der Waals surface area contributed by atoms with E-state index in [9.17, 15) is 4.57 Å². The monoisotopic (exact) mass is 253 g/mol. The summed E-state index contributed by atoms with van der Waals surface area (Å²) in [6.45, 7) is 9.33. The van der Waals surface area contributed by atoms with Gasteiger partial charge >= 0.3 is 0 Å². The molecule has 0 rings (SSSR count). The second-order valence-electron chi connectivity index (χ2n) is 4.21. The van der Waals surface area contributed by atoms with Crippen molar-refractivity contribution in [2.45, 2.75) is 39.8 Å². The highest BCUT2D eigenvalue weighted by molar-refractivity contribution is 8.56. The van der Waals surface area contributed by atoms with Gasteiger partial charge in [0.15, 0.2) is 0 Å². The second kappa shape index (κ2) is 6.95. The standard InChI is InChI=1S/C10H24NO2PS/c1-9(2)11(10(3)4)7-8-13-14(5,12)15-6/h9-10H,7-8H2,1-6H3/t14-/m1/s1. The van der Waals surface area contributed by atoms with E-state index < -0.39 is 6.57 Å². The van der Waals surface area contributed by atoms with Crippen LogP contribution in [0.4, 0.5) is 0 Å². The van der Waals surface area contributed by atoms with Crippen molar-refractivity contribution in [2.75, 3.05) is 26.1 Å². The molecule has 0 saturated heterocycles. The molecule has 0 aromatic carbocycles. The molecule has 0 aliphatic rings. The zero-order valence-corrected chi connectivity index (χ0v) is 12.4. The van der Waals surface area contributed by atoms with Gasteiger partial charge in [0, 0.05) is 25.3 Å². The van der Waals surface area contributed by atoms with Crippen molar-refractivity contribution in [1.82, 2.24) is 4.90 Å². The number of nitrogens with zero attached hydrogens (tertiary/aromatic N) is 1. The quantitative estimate of drug-likeness (QED) is 0.651. The first kappa shape index (κ1) is 15.5. The summed E-state index contributed by atoms with van der Waals surface area (Å²) < 4.78 is 17.0. The molecule has 0 amide bonds. The lowest BCUT2D eigenvalue weighted by Gasteiger charge is -2.30. The van der Waals surface area contributed by atoms with Gasteiger partial charge in [-0.25, -0.2) is 0 Å². The Morgan fingerprint density at radius 3 is 2.07 bits per heavy atom. The lowest BCUT2D eigenvalue weighted by molar-refractivity contribution is 0.144. The van der Waals surface area contributed by atoms with Crippen LogP contribution in [0.2, 0.25) is 0 Å². The van der Waals surface area contributed by atoms with Crippen molar-refractivity contribution in [3.63, 3.8) is 0 Å². The molecule has 0 aromatic heterocycles. The molecule has 0 spiro atoms. The Morgan fingerprint density at radius 1 is 1.27 bits per heavy atom. The molecule has 1 atom stereocenters. The summed E-state index contributed by atoms with van der Waals surface area (Å²) in [5, 5.41) is 0. The maximum atomic E-state index is 11.6. The average molecular weight is 253 g/mol. The molecule has 0 bridgehead atoms. The molecule has 0 heterocycles. The highest BCUT2D eigenvalue weighted by Gasteiger charge is 2.17. The van der Waals surface area contributed by atoms with E-state index in [1.165, 1.54) is 11.4 Å². The minimum Gasteiger partial charge on any atom is -0.320 e. The molecule has 92 valence electrons. The second-order valence-corrected chi connectivity index (χ2v) is 9.46. The van der Waals surface area contributed by atoms with Crippen LogP contribution in [0.3, 0.4) is 0 Å². The molecule has 0 saturated carbocycles. The van der Waals surface area contributed by atoms with Crippen LogP contribution in [0, 0.1) is 0 Å². The molecule has 3 nitrogen and oxygen atoms in total. The highest BCUT2D eigenvalue weighted by atomic mass is 32.7. The van der Waals surface area contributed by atoms with Crippen LogP contribution >= 0.6 is 18.0 Å². The summed E-state index contributed by atoms with van der Waals surface area (Å²) in [5.74, 6) is 0. The number of rotatable bonds is 7. The third kappa shape index (κ3) is 6.62. The summed E-state index contributed by atoms with van der Waals surface area (Å²) in [6, 6.07) is 0.998. The van der Waals surface area contributed by atoms with Gasteiger partial charge in [0.25, 0.3) is 6.57 Å². The van der Waals surface area contributed by atoms with Crippen LogP contribution in [0.5, 0.6) is 0 Å². The van der Waals surface area contributed by atoms with Gasteiger partial charge in [-0.1, -0.05) is 11.4 Å². The van der Waals surface area contributed by atoms with Crippen LogP contribution in [-0.2, 0) is 9.09 Å². The molecule has 5 heteroatoms. The predicted octanol–water partition coefficient (Wildman–Crippen LogP) is 3.31. The van der Waals surface area contributed by atoms with Crippen molar-refractivity contribution >= 4 is 18.0 Å². The topological polar surface area (TPSA) is 29.5 Å². The Morgan fingerprint density at radius 2 is 1.73 bits per heavy atom. The Kier molecular flexibility index (Phi) is 7.18. The van der Waals surface area contributed by atoms with Crippen LogP contribution in [-0.4, -0.2) is 43.1 Å². The fraction of sp³-hybridized carbons (Fsp3) is 1.00. The Labute approximate surface area is 98.1 Å². The maximum absolute atomic E-state index is 11.6. The predicted molar refractivity (Wildman–Crippen MR) is 70.0 cm³/mol. The summed E-state index contributed by atoms with van der Waals surface area (Å²) in [5.41, 5.74) is 0. The Balaban J connectivity index is 3.97. The van der Waals surface area contributed by atoms with Gasteiger partial charge < -0.3 is 4.52 Å². The van der Waals surface area contributed by atoms with Crippen molar-refractivity contribution < 1.29 is 9.09 Å². The lowest BCUT2D eigenvalue weighted by atomic mass is 10.2. The van der Waals surface area contributed by atoms with Crippen molar-refractivity contribution in [3.05, 3.63) is 0 Å². The Hall–Kier alpha value is 0.500. The first-order valence-electron chi connectivity index (χ1n) is 5.33. The number of hydrogen-bond donors (Lipinski definition) is 0. The van der Waals surface area contributed by atoms with E-state index >= 15 is 0 Å². The minimum atomic E-state index is -2.40. The van der Waals surface area contributed by atoms with Crippen LogP contribution < -0.4 is 0 Å². The van der Waals surface area contributed by atoms with Crippen molar-refractivity contribution in [1.29, 1.82) is 0 Å². The van der Waals surface area contributed by atoms with E-state index in [-0.39, 0.29) is 0 Å². The largest absolute Gasteiger partial charge is 0.320 e. The molecule has 0 radical (unpaired) electrons. The summed E-state index contributed by atoms with van der Waals surface area (Å²) in [7, 11) is 0. The normalized spacial score (nSPS) is 16.3. The van der Waals surface area contributed by atoms with Gasteiger partial charge in [-0.2, -0.15) is 0 Å². The van der Waals surface area contributed by atoms with E-state index in [1.54, 1.807) is 6.66 Å². The molecule has 0 unspecified atom stereocenters. The Bertz CT molecular complexity index is 213. The first-order chi connectivity index (χ1) is 6.80. The third-order valence-electron chi connectivity index (χ3n) is 2.33. The summed E-state index contributed by atoms with van der Waals surface area (Å²) in [6.07, 6.45) is 1.82. The average Bonchev–Trinajstić information content (AvgIpc) is 2.11. The molecule has 0 aromatic rings. The van der Waals surface area contributed by atoms with Crippen molar-refractivity contribution in [2.24, 2.45) is 0 Å². The van der Waals surface area contributed by atoms with Gasteiger partial charge in [0.2, 0.25) is 0 Å². The SMILES string of the molecule is CS[P@](C)(=O)OCCN(C(C)C)C(C)C. The molecular formula is C10H24NO2PS. The molecule has 0 fully saturated rings. The van der Waals surface area contributed by atoms with Crippen LogP contribution in [0.1, 0.15) is 27.7 Å². The molecule has 15 heavy (non-hydrogen) atoms. The molecule has 0 N–H and O–H groups in total. The van der Waals surface area contributed by atoms with E-state index in [4.69, 9.17) is 4.52 Å².